The van der Waals surface area contributed by atoms with Crippen LogP contribution in [0.15, 0.2) is 33.3 Å². The van der Waals surface area contributed by atoms with Gasteiger partial charge in [0.05, 0.1) is 4.90 Å². The second-order valence-corrected chi connectivity index (χ2v) is 7.62. The van der Waals surface area contributed by atoms with Gasteiger partial charge in [-0.25, -0.2) is 28.5 Å². The highest BCUT2D eigenvalue weighted by Crippen LogP contribution is 2.36. The second-order valence-electron chi connectivity index (χ2n) is 5.03. The first-order valence-electron chi connectivity index (χ1n) is 6.48. The van der Waals surface area contributed by atoms with Crippen molar-refractivity contribution in [2.75, 3.05) is 5.73 Å². The quantitative estimate of drug-likeness (QED) is 0.868. The van der Waals surface area contributed by atoms with E-state index in [2.05, 4.69) is 15.0 Å². The number of hydrogen-bond acceptors (Lipinski definition) is 7. The summed E-state index contributed by atoms with van der Waals surface area (Å²) in [5.41, 5.74) is 6.79. The molecule has 7 nitrogen and oxygen atoms in total. The molecule has 0 saturated heterocycles. The van der Waals surface area contributed by atoms with E-state index in [9.17, 15) is 8.42 Å². The van der Waals surface area contributed by atoms with Crippen molar-refractivity contribution in [1.82, 2.24) is 15.0 Å². The molecule has 0 aliphatic rings. The smallest absolute Gasteiger partial charge is 0.255 e. The number of nitrogens with zero attached hydrogens (tertiary/aromatic N) is 3. The lowest BCUT2D eigenvalue weighted by Gasteiger charge is -2.13. The zero-order valence-corrected chi connectivity index (χ0v) is 14.1. The third kappa shape index (κ3) is 3.73. The van der Waals surface area contributed by atoms with Gasteiger partial charge in [-0.3, -0.25) is 0 Å². The molecule has 0 radical (unpaired) electrons. The Balaban J connectivity index is 2.51. The number of aromatic nitrogens is 3. The number of rotatable bonds is 4. The molecule has 118 valence electrons. The number of aryl methyl sites for hydroxylation is 1. The Morgan fingerprint density at radius 3 is 2.41 bits per heavy atom. The first-order valence-corrected chi connectivity index (χ1v) is 8.84. The van der Waals surface area contributed by atoms with Crippen LogP contribution in [-0.4, -0.2) is 23.4 Å². The van der Waals surface area contributed by atoms with E-state index in [1.807, 2.05) is 13.8 Å². The molecular weight excluding hydrogens is 322 g/mol. The molecule has 0 atom stereocenters. The molecule has 0 aliphatic carbocycles. The maximum absolute atomic E-state index is 11.5. The number of pyridine rings is 1. The van der Waals surface area contributed by atoms with Gasteiger partial charge in [0.2, 0.25) is 0 Å². The van der Waals surface area contributed by atoms with Crippen LogP contribution in [-0.2, 0) is 10.0 Å². The van der Waals surface area contributed by atoms with Crippen molar-refractivity contribution >= 4 is 27.6 Å². The van der Waals surface area contributed by atoms with Gasteiger partial charge in [-0.2, -0.15) is 0 Å². The fourth-order valence-corrected chi connectivity index (χ4v) is 3.41. The number of nitrogens with two attached hydrogens (primary N) is 2. The van der Waals surface area contributed by atoms with Crippen LogP contribution in [0.3, 0.4) is 0 Å². The van der Waals surface area contributed by atoms with E-state index in [0.29, 0.717) is 21.4 Å². The van der Waals surface area contributed by atoms with E-state index in [1.165, 1.54) is 24.0 Å². The monoisotopic (exact) mass is 339 g/mol. The van der Waals surface area contributed by atoms with Crippen molar-refractivity contribution in [1.29, 1.82) is 0 Å². The lowest BCUT2D eigenvalue weighted by Crippen LogP contribution is -2.14. The molecule has 2 aromatic rings. The summed E-state index contributed by atoms with van der Waals surface area (Å²) in [6, 6.07) is 1.45. The van der Waals surface area contributed by atoms with Gasteiger partial charge >= 0.3 is 0 Å². The summed E-state index contributed by atoms with van der Waals surface area (Å²) in [7, 11) is -3.86. The number of primary sulfonamides is 1. The van der Waals surface area contributed by atoms with E-state index in [0.717, 1.165) is 5.56 Å². The third-order valence-corrected chi connectivity index (χ3v) is 4.82. The minimum Gasteiger partial charge on any atom is -0.383 e. The lowest BCUT2D eigenvalue weighted by molar-refractivity contribution is 0.593. The van der Waals surface area contributed by atoms with Gasteiger partial charge in [0, 0.05) is 17.3 Å². The largest absolute Gasteiger partial charge is 0.383 e. The van der Waals surface area contributed by atoms with Crippen LogP contribution >= 0.6 is 11.8 Å². The number of sulfonamides is 1. The molecule has 0 fully saturated rings. The average Bonchev–Trinajstić information content (AvgIpc) is 2.40. The Morgan fingerprint density at radius 1 is 1.18 bits per heavy atom. The van der Waals surface area contributed by atoms with Crippen molar-refractivity contribution in [3.05, 3.63) is 29.8 Å². The first-order chi connectivity index (χ1) is 10.2. The highest BCUT2D eigenvalue weighted by atomic mass is 32.2. The topological polar surface area (TPSA) is 125 Å². The lowest BCUT2D eigenvalue weighted by atomic mass is 10.1. The molecule has 0 aliphatic heterocycles. The normalized spacial score (nSPS) is 11.9. The SMILES string of the molecule is Cc1ncc(Sc2cc(S(N)(=O)=O)ncc2C(C)C)c(N)n1. The zero-order valence-electron chi connectivity index (χ0n) is 12.4. The van der Waals surface area contributed by atoms with Gasteiger partial charge in [-0.05, 0) is 24.5 Å². The summed E-state index contributed by atoms with van der Waals surface area (Å²) < 4.78 is 23.0. The van der Waals surface area contributed by atoms with Gasteiger partial charge in [0.1, 0.15) is 11.6 Å². The summed E-state index contributed by atoms with van der Waals surface area (Å²) in [6.07, 6.45) is 3.14. The summed E-state index contributed by atoms with van der Waals surface area (Å²) >= 11 is 1.30. The number of anilines is 1. The summed E-state index contributed by atoms with van der Waals surface area (Å²) in [6.45, 7) is 5.73. The Bertz CT molecular complexity index is 806. The predicted octanol–water partition coefficient (Wildman–Crippen LogP) is 1.68. The minimum absolute atomic E-state index is 0.164. The summed E-state index contributed by atoms with van der Waals surface area (Å²) in [5, 5.41) is 4.97. The highest BCUT2D eigenvalue weighted by molar-refractivity contribution is 7.99. The Labute approximate surface area is 133 Å². The summed E-state index contributed by atoms with van der Waals surface area (Å²) in [4.78, 5) is 13.5. The van der Waals surface area contributed by atoms with Gasteiger partial charge < -0.3 is 5.73 Å². The molecule has 0 saturated carbocycles. The van der Waals surface area contributed by atoms with Crippen LogP contribution in [0.1, 0.15) is 31.2 Å². The van der Waals surface area contributed by atoms with Crippen LogP contribution in [0, 0.1) is 6.92 Å². The molecule has 0 spiro atoms. The van der Waals surface area contributed by atoms with Crippen molar-refractivity contribution in [3.63, 3.8) is 0 Å². The molecule has 2 rings (SSSR count). The van der Waals surface area contributed by atoms with Gasteiger partial charge in [-0.1, -0.05) is 25.6 Å². The van der Waals surface area contributed by atoms with Gasteiger partial charge in [-0.15, -0.1) is 0 Å². The molecule has 22 heavy (non-hydrogen) atoms. The van der Waals surface area contributed by atoms with Crippen LogP contribution in [0.5, 0.6) is 0 Å². The van der Waals surface area contributed by atoms with E-state index in [1.54, 1.807) is 13.1 Å². The minimum atomic E-state index is -3.86. The van der Waals surface area contributed by atoms with Crippen LogP contribution in [0.2, 0.25) is 0 Å². The molecular formula is C13H17N5O2S2. The van der Waals surface area contributed by atoms with Crippen molar-refractivity contribution in [2.24, 2.45) is 5.14 Å². The number of hydrogen-bond donors (Lipinski definition) is 2. The Hall–Kier alpha value is -1.71. The van der Waals surface area contributed by atoms with Crippen molar-refractivity contribution in [3.8, 4) is 0 Å². The maximum atomic E-state index is 11.5. The van der Waals surface area contributed by atoms with Crippen LogP contribution < -0.4 is 10.9 Å². The van der Waals surface area contributed by atoms with Crippen molar-refractivity contribution < 1.29 is 8.42 Å². The number of nitrogen functional groups attached to an aromatic ring is 1. The maximum Gasteiger partial charge on any atom is 0.255 e. The fourth-order valence-electron chi connectivity index (χ4n) is 1.78. The predicted molar refractivity (Wildman–Crippen MR) is 85.0 cm³/mol. The standard InChI is InChI=1S/C13H17N5O2S2/c1-7(2)9-5-17-12(22(15,19)20)4-10(9)21-11-6-16-8(3)18-13(11)14/h4-7H,1-3H3,(H2,14,16,18)(H2,15,19,20). The molecule has 2 aromatic heterocycles. The van der Waals surface area contributed by atoms with Gasteiger partial charge in [0.15, 0.2) is 5.03 Å². The van der Waals surface area contributed by atoms with E-state index in [4.69, 9.17) is 10.9 Å². The van der Waals surface area contributed by atoms with Crippen LogP contribution in [0.25, 0.3) is 0 Å². The fraction of sp³-hybridized carbons (Fsp3) is 0.308. The average molecular weight is 339 g/mol. The molecule has 9 heteroatoms. The van der Waals surface area contributed by atoms with Crippen LogP contribution in [0.4, 0.5) is 5.82 Å². The molecule has 0 aromatic carbocycles. The second kappa shape index (κ2) is 6.19. The summed E-state index contributed by atoms with van der Waals surface area (Å²) in [5.74, 6) is 1.09. The third-order valence-electron chi connectivity index (χ3n) is 2.91. The molecule has 2 heterocycles. The first kappa shape index (κ1) is 16.7. The highest BCUT2D eigenvalue weighted by Gasteiger charge is 2.17. The van der Waals surface area contributed by atoms with Crippen molar-refractivity contribution in [2.45, 2.75) is 41.5 Å². The van der Waals surface area contributed by atoms with Gasteiger partial charge in [0.25, 0.3) is 10.0 Å². The van der Waals surface area contributed by atoms with E-state index < -0.39 is 10.0 Å². The van der Waals surface area contributed by atoms with E-state index >= 15 is 0 Å². The molecule has 0 unspecified atom stereocenters. The molecule has 0 bridgehead atoms. The Kier molecular flexibility index (Phi) is 4.69. The van der Waals surface area contributed by atoms with E-state index in [-0.39, 0.29) is 10.9 Å². The Morgan fingerprint density at radius 2 is 1.86 bits per heavy atom. The molecule has 4 N–H and O–H groups in total. The zero-order chi connectivity index (χ0) is 16.5. The molecule has 0 amide bonds.